The van der Waals surface area contributed by atoms with Crippen LogP contribution in [0.4, 0.5) is 5.69 Å². The van der Waals surface area contributed by atoms with Gasteiger partial charge in [0.25, 0.3) is 0 Å². The minimum atomic E-state index is 0.674. The zero-order chi connectivity index (χ0) is 11.0. The third kappa shape index (κ3) is 1.50. The molecule has 0 aliphatic carbocycles. The SMILES string of the molecule is [3H]N1Cc2ccccc2Cc2ccccc21. The van der Waals surface area contributed by atoms with Gasteiger partial charge in [0.05, 0.1) is 0 Å². The molecule has 2 aromatic carbocycles. The van der Waals surface area contributed by atoms with Crippen molar-refractivity contribution in [3.63, 3.8) is 0 Å². The van der Waals surface area contributed by atoms with E-state index in [0.29, 0.717) is 6.54 Å². The molecule has 15 heavy (non-hydrogen) atoms. The van der Waals surface area contributed by atoms with Crippen LogP contribution in [0.2, 0.25) is 1.41 Å². The molecule has 0 spiro atoms. The van der Waals surface area contributed by atoms with Gasteiger partial charge in [0.1, 0.15) is 0 Å². The Balaban J connectivity index is 2.15. The summed E-state index contributed by atoms with van der Waals surface area (Å²) in [6, 6.07) is 16.6. The van der Waals surface area contributed by atoms with Crippen LogP contribution in [-0.4, -0.2) is 0 Å². The van der Waals surface area contributed by atoms with Gasteiger partial charge in [-0.2, -0.15) is 0 Å². The molecule has 2 aromatic rings. The second kappa shape index (κ2) is 3.43. The fraction of sp³-hybridized carbons (Fsp3) is 0.143. The highest BCUT2D eigenvalue weighted by Crippen LogP contribution is 2.25. The molecule has 1 heterocycles. The summed E-state index contributed by atoms with van der Waals surface area (Å²) in [7, 11) is 0. The third-order valence-corrected chi connectivity index (χ3v) is 2.91. The molecule has 0 atom stereocenters. The van der Waals surface area contributed by atoms with Crippen molar-refractivity contribution in [1.29, 1.82) is 0 Å². The van der Waals surface area contributed by atoms with E-state index in [1.54, 1.807) is 5.31 Å². The van der Waals surface area contributed by atoms with Gasteiger partial charge in [0.2, 0.25) is 0 Å². The van der Waals surface area contributed by atoms with Gasteiger partial charge in [0.15, 0.2) is 1.41 Å². The molecule has 0 fully saturated rings. The van der Waals surface area contributed by atoms with Gasteiger partial charge in [-0.25, -0.2) is 0 Å². The minimum absolute atomic E-state index is 0.674. The number of nitrogens with one attached hydrogen (secondary N) is 1. The molecule has 1 N–H and O–H groups in total. The maximum atomic E-state index is 8.06. The van der Waals surface area contributed by atoms with E-state index in [4.69, 9.17) is 1.41 Å². The molecule has 0 aromatic heterocycles. The first-order chi connectivity index (χ1) is 7.84. The summed E-state index contributed by atoms with van der Waals surface area (Å²) in [5.41, 5.74) is 4.86. The van der Waals surface area contributed by atoms with Crippen molar-refractivity contribution in [2.75, 3.05) is 5.31 Å². The number of hydrogen-bond acceptors (Lipinski definition) is 1. The topological polar surface area (TPSA) is 12.0 Å². The Hall–Kier alpha value is -1.76. The summed E-state index contributed by atoms with van der Waals surface area (Å²) < 4.78 is 8.06. The van der Waals surface area contributed by atoms with Crippen LogP contribution in [0.1, 0.15) is 16.7 Å². The number of rotatable bonds is 0. The van der Waals surface area contributed by atoms with E-state index >= 15 is 0 Å². The van der Waals surface area contributed by atoms with E-state index in [0.717, 1.165) is 12.1 Å². The maximum absolute atomic E-state index is 8.06. The molecular weight excluding hydrogens is 182 g/mol. The minimum Gasteiger partial charge on any atom is -0.381 e. The third-order valence-electron chi connectivity index (χ3n) is 2.91. The second-order valence-corrected chi connectivity index (χ2v) is 3.89. The van der Waals surface area contributed by atoms with Crippen LogP contribution in [0.15, 0.2) is 48.5 Å². The van der Waals surface area contributed by atoms with Crippen molar-refractivity contribution in [1.82, 2.24) is 0 Å². The summed E-state index contributed by atoms with van der Waals surface area (Å²) in [4.78, 5) is 0. The van der Waals surface area contributed by atoms with Crippen molar-refractivity contribution in [3.8, 4) is 0 Å². The molecule has 0 saturated heterocycles. The van der Waals surface area contributed by atoms with Crippen LogP contribution in [0.3, 0.4) is 0 Å². The van der Waals surface area contributed by atoms with Crippen molar-refractivity contribution in [2.24, 2.45) is 0 Å². The fourth-order valence-corrected chi connectivity index (χ4v) is 2.07. The van der Waals surface area contributed by atoms with Crippen LogP contribution in [0, 0.1) is 0 Å². The van der Waals surface area contributed by atoms with Gasteiger partial charge in [-0.1, -0.05) is 42.5 Å². The average molecular weight is 197 g/mol. The van der Waals surface area contributed by atoms with E-state index in [-0.39, 0.29) is 0 Å². The van der Waals surface area contributed by atoms with E-state index in [1.165, 1.54) is 16.7 Å². The molecule has 1 aliphatic rings. The van der Waals surface area contributed by atoms with Crippen LogP contribution in [0.25, 0.3) is 0 Å². The number of para-hydroxylation sites is 1. The van der Waals surface area contributed by atoms with Crippen molar-refractivity contribution < 1.29 is 1.41 Å². The normalized spacial score (nSPS) is 14.9. The van der Waals surface area contributed by atoms with Crippen molar-refractivity contribution >= 4 is 5.69 Å². The van der Waals surface area contributed by atoms with Gasteiger partial charge < -0.3 is 5.31 Å². The lowest BCUT2D eigenvalue weighted by Crippen LogP contribution is -1.98. The monoisotopic (exact) mass is 197 g/mol. The Morgan fingerprint density at radius 2 is 1.53 bits per heavy atom. The van der Waals surface area contributed by atoms with E-state index in [1.807, 2.05) is 24.3 Å². The first-order valence-corrected chi connectivity index (χ1v) is 5.26. The molecule has 1 heteroatoms. The number of hydrogen-bond donors (Lipinski definition) is 1. The van der Waals surface area contributed by atoms with Crippen LogP contribution >= 0.6 is 0 Å². The average Bonchev–Trinajstić information content (AvgIpc) is 2.45. The molecule has 0 unspecified atom stereocenters. The largest absolute Gasteiger partial charge is 0.381 e. The van der Waals surface area contributed by atoms with Gasteiger partial charge in [-0.15, -0.1) is 0 Å². The Morgan fingerprint density at radius 3 is 2.40 bits per heavy atom. The molecule has 1 nitrogen and oxygen atoms in total. The summed E-state index contributed by atoms with van der Waals surface area (Å²) in [5.74, 6) is 0. The lowest BCUT2D eigenvalue weighted by molar-refractivity contribution is 1.12. The van der Waals surface area contributed by atoms with Crippen LogP contribution in [-0.2, 0) is 13.0 Å². The van der Waals surface area contributed by atoms with Gasteiger partial charge in [0, 0.05) is 12.2 Å². The van der Waals surface area contributed by atoms with Gasteiger partial charge in [-0.05, 0) is 29.2 Å². The zero-order valence-electron chi connectivity index (χ0n) is 9.48. The summed E-state index contributed by atoms with van der Waals surface area (Å²) in [5, 5.41) is 1.58. The van der Waals surface area contributed by atoms with Gasteiger partial charge >= 0.3 is 0 Å². The Labute approximate surface area is 91.2 Å². The molecule has 3 rings (SSSR count). The predicted molar refractivity (Wildman–Crippen MR) is 63.0 cm³/mol. The number of anilines is 1. The lowest BCUT2D eigenvalue weighted by atomic mass is 10.0. The molecule has 74 valence electrons. The van der Waals surface area contributed by atoms with E-state index in [9.17, 15) is 0 Å². The zero-order valence-corrected chi connectivity index (χ0v) is 8.48. The lowest BCUT2D eigenvalue weighted by Gasteiger charge is -2.05. The van der Waals surface area contributed by atoms with Crippen molar-refractivity contribution in [2.45, 2.75) is 13.0 Å². The molecule has 0 bridgehead atoms. The van der Waals surface area contributed by atoms with Crippen LogP contribution in [0.5, 0.6) is 0 Å². The standard InChI is InChI=1S/C14H13N/c1-2-7-13-10-15-14-8-4-3-6-12(14)9-11(13)5-1/h1-8,15H,9-10H2/i/hT. The molecule has 0 radical (unpaired) electrons. The fourth-order valence-electron chi connectivity index (χ4n) is 2.07. The molecule has 0 amide bonds. The quantitative estimate of drug-likeness (QED) is 0.684. The van der Waals surface area contributed by atoms with Crippen LogP contribution < -0.4 is 5.31 Å². The van der Waals surface area contributed by atoms with E-state index < -0.39 is 0 Å². The molecule has 0 saturated carbocycles. The number of fused-ring (bicyclic) bond motifs is 2. The Kier molecular flexibility index (Phi) is 1.72. The smallest absolute Gasteiger partial charge is 0.160 e. The summed E-state index contributed by atoms with van der Waals surface area (Å²) >= 11 is 0. The predicted octanol–water partition coefficient (Wildman–Crippen LogP) is 3.20. The highest BCUT2D eigenvalue weighted by atomic mass is 14.9. The molecule has 1 aliphatic heterocycles. The Morgan fingerprint density at radius 1 is 0.867 bits per heavy atom. The summed E-state index contributed by atoms with van der Waals surface area (Å²) in [6.45, 7) is 0.674. The van der Waals surface area contributed by atoms with Crippen molar-refractivity contribution in [3.05, 3.63) is 65.2 Å². The summed E-state index contributed by atoms with van der Waals surface area (Å²) in [6.07, 6.45) is 0.932. The molecular formula is C14H13N. The maximum Gasteiger partial charge on any atom is 0.160 e. The second-order valence-electron chi connectivity index (χ2n) is 3.89. The highest BCUT2D eigenvalue weighted by molar-refractivity contribution is 5.55. The highest BCUT2D eigenvalue weighted by Gasteiger charge is 2.10. The first-order valence-electron chi connectivity index (χ1n) is 5.70. The number of benzene rings is 2. The van der Waals surface area contributed by atoms with Gasteiger partial charge in [-0.3, -0.25) is 0 Å². The first kappa shape index (κ1) is 7.52. The Bertz CT molecular complexity index is 522. The van der Waals surface area contributed by atoms with E-state index in [2.05, 4.69) is 24.3 Å².